The summed E-state index contributed by atoms with van der Waals surface area (Å²) in [6, 6.07) is 0.318. The number of allylic oxidation sites excluding steroid dienone is 1. The fourth-order valence-corrected chi connectivity index (χ4v) is 1.50. The molecular formula is C10H14Cl2N2. The number of nitrogens with zero attached hydrogens (tertiary/aromatic N) is 2. The lowest BCUT2D eigenvalue weighted by Crippen LogP contribution is -2.04. The SMILES string of the molecule is CC(C)n1ncc(Cl)c1/C=C/CCCl. The molecule has 2 nitrogen and oxygen atoms in total. The third-order valence-corrected chi connectivity index (χ3v) is 2.34. The third kappa shape index (κ3) is 2.76. The number of halogens is 2. The van der Waals surface area contributed by atoms with E-state index in [0.717, 1.165) is 12.1 Å². The molecule has 0 aliphatic rings. The predicted octanol–water partition coefficient (Wildman–Crippen LogP) is 3.76. The Labute approximate surface area is 94.5 Å². The lowest BCUT2D eigenvalue weighted by Gasteiger charge is -2.07. The van der Waals surface area contributed by atoms with E-state index in [1.807, 2.05) is 16.8 Å². The van der Waals surface area contributed by atoms with Crippen LogP contribution in [0.1, 0.15) is 32.0 Å². The molecule has 0 amide bonds. The van der Waals surface area contributed by atoms with Crippen LogP contribution in [0.2, 0.25) is 5.02 Å². The van der Waals surface area contributed by atoms with Gasteiger partial charge >= 0.3 is 0 Å². The third-order valence-electron chi connectivity index (χ3n) is 1.83. The van der Waals surface area contributed by atoms with Gasteiger partial charge in [-0.25, -0.2) is 0 Å². The molecule has 1 heterocycles. The molecule has 1 rings (SSSR count). The van der Waals surface area contributed by atoms with Crippen LogP contribution in [0, 0.1) is 0 Å². The van der Waals surface area contributed by atoms with Gasteiger partial charge in [0, 0.05) is 11.9 Å². The minimum atomic E-state index is 0.318. The van der Waals surface area contributed by atoms with E-state index >= 15 is 0 Å². The monoisotopic (exact) mass is 232 g/mol. The van der Waals surface area contributed by atoms with E-state index in [9.17, 15) is 0 Å². The van der Waals surface area contributed by atoms with Gasteiger partial charge in [-0.15, -0.1) is 11.6 Å². The summed E-state index contributed by atoms with van der Waals surface area (Å²) in [6.45, 7) is 4.14. The van der Waals surface area contributed by atoms with Gasteiger partial charge in [0.05, 0.1) is 16.9 Å². The molecule has 1 aromatic heterocycles. The molecule has 0 saturated carbocycles. The molecule has 0 radical (unpaired) electrons. The lowest BCUT2D eigenvalue weighted by atomic mass is 10.3. The molecule has 0 aliphatic heterocycles. The van der Waals surface area contributed by atoms with Crippen molar-refractivity contribution in [3.05, 3.63) is 23.0 Å². The van der Waals surface area contributed by atoms with Gasteiger partial charge in [-0.2, -0.15) is 5.10 Å². The molecule has 0 saturated heterocycles. The van der Waals surface area contributed by atoms with E-state index in [4.69, 9.17) is 23.2 Å². The second-order valence-electron chi connectivity index (χ2n) is 3.30. The second-order valence-corrected chi connectivity index (χ2v) is 4.08. The van der Waals surface area contributed by atoms with Crippen molar-refractivity contribution in [1.29, 1.82) is 0 Å². The molecule has 0 spiro atoms. The highest BCUT2D eigenvalue weighted by atomic mass is 35.5. The van der Waals surface area contributed by atoms with Crippen molar-refractivity contribution in [3.8, 4) is 0 Å². The molecule has 1 aromatic rings. The van der Waals surface area contributed by atoms with Gasteiger partial charge < -0.3 is 0 Å². The zero-order valence-corrected chi connectivity index (χ0v) is 9.89. The van der Waals surface area contributed by atoms with Crippen molar-refractivity contribution in [2.75, 3.05) is 5.88 Å². The van der Waals surface area contributed by atoms with Gasteiger partial charge in [-0.3, -0.25) is 4.68 Å². The van der Waals surface area contributed by atoms with Crippen molar-refractivity contribution in [2.24, 2.45) is 0 Å². The molecule has 0 fully saturated rings. The summed E-state index contributed by atoms with van der Waals surface area (Å²) in [6.07, 6.45) is 6.50. The summed E-state index contributed by atoms with van der Waals surface area (Å²) in [5.41, 5.74) is 0.951. The number of hydrogen-bond acceptors (Lipinski definition) is 1. The molecule has 78 valence electrons. The van der Waals surface area contributed by atoms with Gasteiger partial charge in [0.25, 0.3) is 0 Å². The predicted molar refractivity (Wildman–Crippen MR) is 62.0 cm³/mol. The summed E-state index contributed by atoms with van der Waals surface area (Å²) in [5.74, 6) is 0.629. The Morgan fingerprint density at radius 1 is 1.57 bits per heavy atom. The topological polar surface area (TPSA) is 17.8 Å². The number of aromatic nitrogens is 2. The Hall–Kier alpha value is -0.470. The van der Waals surface area contributed by atoms with Gasteiger partial charge in [-0.1, -0.05) is 17.7 Å². The fourth-order valence-electron chi connectivity index (χ4n) is 1.18. The zero-order valence-electron chi connectivity index (χ0n) is 8.37. The van der Waals surface area contributed by atoms with Crippen LogP contribution >= 0.6 is 23.2 Å². The second kappa shape index (κ2) is 5.42. The van der Waals surface area contributed by atoms with Crippen LogP contribution in [0.3, 0.4) is 0 Å². The Bertz CT molecular complexity index is 316. The average molecular weight is 233 g/mol. The number of rotatable bonds is 4. The lowest BCUT2D eigenvalue weighted by molar-refractivity contribution is 0.528. The standard InChI is InChI=1S/C10H14Cl2N2/c1-8(2)14-10(5-3-4-6-11)9(12)7-13-14/h3,5,7-8H,4,6H2,1-2H3/b5-3+. The normalized spacial score (nSPS) is 11.8. The Morgan fingerprint density at radius 2 is 2.29 bits per heavy atom. The highest BCUT2D eigenvalue weighted by Gasteiger charge is 2.07. The van der Waals surface area contributed by atoms with Crippen LogP contribution in [0.4, 0.5) is 0 Å². The molecule has 14 heavy (non-hydrogen) atoms. The Morgan fingerprint density at radius 3 is 2.86 bits per heavy atom. The highest BCUT2D eigenvalue weighted by Crippen LogP contribution is 2.20. The molecule has 0 aliphatic carbocycles. The smallest absolute Gasteiger partial charge is 0.0859 e. The molecule has 0 unspecified atom stereocenters. The first-order chi connectivity index (χ1) is 6.66. The minimum Gasteiger partial charge on any atom is -0.261 e. The molecule has 0 atom stereocenters. The van der Waals surface area contributed by atoms with E-state index in [0.29, 0.717) is 16.9 Å². The van der Waals surface area contributed by atoms with Crippen LogP contribution in [-0.2, 0) is 0 Å². The van der Waals surface area contributed by atoms with Crippen LogP contribution < -0.4 is 0 Å². The summed E-state index contributed by atoms with van der Waals surface area (Å²) >= 11 is 11.6. The zero-order chi connectivity index (χ0) is 10.6. The largest absolute Gasteiger partial charge is 0.261 e. The maximum absolute atomic E-state index is 6.00. The van der Waals surface area contributed by atoms with Crippen molar-refractivity contribution >= 4 is 29.3 Å². The van der Waals surface area contributed by atoms with E-state index in [1.54, 1.807) is 6.20 Å². The molecular weight excluding hydrogens is 219 g/mol. The minimum absolute atomic E-state index is 0.318. The summed E-state index contributed by atoms with van der Waals surface area (Å²) < 4.78 is 1.90. The van der Waals surface area contributed by atoms with Crippen molar-refractivity contribution in [1.82, 2.24) is 9.78 Å². The first-order valence-electron chi connectivity index (χ1n) is 4.62. The number of alkyl halides is 1. The van der Waals surface area contributed by atoms with Crippen molar-refractivity contribution in [2.45, 2.75) is 26.3 Å². The quantitative estimate of drug-likeness (QED) is 0.724. The maximum atomic E-state index is 6.00. The molecule has 4 heteroatoms. The van der Waals surface area contributed by atoms with Crippen LogP contribution in [-0.4, -0.2) is 15.7 Å². The molecule has 0 bridgehead atoms. The van der Waals surface area contributed by atoms with Crippen LogP contribution in [0.15, 0.2) is 12.3 Å². The summed E-state index contributed by atoms with van der Waals surface area (Å²) in [7, 11) is 0. The van der Waals surface area contributed by atoms with Gasteiger partial charge in [0.15, 0.2) is 0 Å². The van der Waals surface area contributed by atoms with E-state index in [1.165, 1.54) is 0 Å². The van der Waals surface area contributed by atoms with Crippen LogP contribution in [0.5, 0.6) is 0 Å². The molecule has 0 N–H and O–H groups in total. The first kappa shape index (κ1) is 11.6. The average Bonchev–Trinajstić information content (AvgIpc) is 2.48. The van der Waals surface area contributed by atoms with E-state index in [-0.39, 0.29) is 0 Å². The summed E-state index contributed by atoms with van der Waals surface area (Å²) in [4.78, 5) is 0. The van der Waals surface area contributed by atoms with E-state index in [2.05, 4.69) is 18.9 Å². The van der Waals surface area contributed by atoms with Gasteiger partial charge in [-0.05, 0) is 26.3 Å². The van der Waals surface area contributed by atoms with E-state index < -0.39 is 0 Å². The Balaban J connectivity index is 2.88. The van der Waals surface area contributed by atoms with Gasteiger partial charge in [0.1, 0.15) is 0 Å². The van der Waals surface area contributed by atoms with Crippen molar-refractivity contribution < 1.29 is 0 Å². The number of hydrogen-bond donors (Lipinski definition) is 0. The summed E-state index contributed by atoms with van der Waals surface area (Å²) in [5, 5.41) is 4.88. The fraction of sp³-hybridized carbons (Fsp3) is 0.500. The highest BCUT2D eigenvalue weighted by molar-refractivity contribution is 6.31. The molecule has 0 aromatic carbocycles. The van der Waals surface area contributed by atoms with Gasteiger partial charge in [0.2, 0.25) is 0 Å². The Kier molecular flexibility index (Phi) is 4.49. The maximum Gasteiger partial charge on any atom is 0.0859 e. The van der Waals surface area contributed by atoms with Crippen molar-refractivity contribution in [3.63, 3.8) is 0 Å². The first-order valence-corrected chi connectivity index (χ1v) is 5.53. The van der Waals surface area contributed by atoms with Crippen LogP contribution in [0.25, 0.3) is 6.08 Å².